The van der Waals surface area contributed by atoms with Gasteiger partial charge in [-0.3, -0.25) is 4.79 Å². The zero-order valence-electron chi connectivity index (χ0n) is 15.3. The van der Waals surface area contributed by atoms with E-state index in [1.807, 2.05) is 0 Å². The van der Waals surface area contributed by atoms with Crippen molar-refractivity contribution in [1.29, 1.82) is 0 Å². The van der Waals surface area contributed by atoms with E-state index in [-0.39, 0.29) is 29.0 Å². The first-order valence-corrected chi connectivity index (χ1v) is 9.06. The zero-order valence-corrected chi connectivity index (χ0v) is 15.3. The van der Waals surface area contributed by atoms with E-state index in [0.717, 1.165) is 25.1 Å². The maximum atomic E-state index is 12.1. The zero-order chi connectivity index (χ0) is 18.0. The summed E-state index contributed by atoms with van der Waals surface area (Å²) in [6, 6.07) is 3.33. The normalized spacial score (nSPS) is 21.2. The fourth-order valence-corrected chi connectivity index (χ4v) is 3.19. The number of nitrogens with one attached hydrogen (secondary N) is 1. The average Bonchev–Trinajstić information content (AvgIpc) is 3.02. The van der Waals surface area contributed by atoms with Gasteiger partial charge < -0.3 is 15.0 Å². The van der Waals surface area contributed by atoms with Crippen molar-refractivity contribution in [2.45, 2.75) is 51.7 Å². The van der Waals surface area contributed by atoms with Crippen molar-refractivity contribution < 1.29 is 9.53 Å². The first kappa shape index (κ1) is 17.9. The molecular formula is C18H28N4O3. The fraction of sp³-hybridized carbons (Fsp3) is 0.722. The average molecular weight is 348 g/mol. The predicted molar refractivity (Wildman–Crippen MR) is 94.6 cm³/mol. The van der Waals surface area contributed by atoms with E-state index in [0.29, 0.717) is 26.2 Å². The summed E-state index contributed by atoms with van der Waals surface area (Å²) in [7, 11) is 0. The van der Waals surface area contributed by atoms with E-state index in [4.69, 9.17) is 4.74 Å². The highest BCUT2D eigenvalue weighted by molar-refractivity contribution is 5.75. The minimum Gasteiger partial charge on any atom is -0.376 e. The molecule has 1 unspecified atom stereocenters. The van der Waals surface area contributed by atoms with Gasteiger partial charge in [0.1, 0.15) is 0 Å². The summed E-state index contributed by atoms with van der Waals surface area (Å²) < 4.78 is 7.04. The Morgan fingerprint density at radius 1 is 1.36 bits per heavy atom. The minimum absolute atomic E-state index is 0.0458. The van der Waals surface area contributed by atoms with Gasteiger partial charge in [-0.1, -0.05) is 20.8 Å². The molecule has 138 valence electrons. The van der Waals surface area contributed by atoms with E-state index in [2.05, 4.69) is 31.2 Å². The van der Waals surface area contributed by atoms with E-state index in [9.17, 15) is 9.59 Å². The maximum Gasteiger partial charge on any atom is 0.317 e. The van der Waals surface area contributed by atoms with Crippen LogP contribution in [0.25, 0.3) is 0 Å². The third kappa shape index (κ3) is 4.39. The summed E-state index contributed by atoms with van der Waals surface area (Å²) in [5.74, 6) is 0.272. The molecule has 2 aliphatic heterocycles. The second kappa shape index (κ2) is 7.15. The number of carbonyl (C=O) groups excluding carboxylic acids is 1. The molecular weight excluding hydrogens is 320 g/mol. The lowest BCUT2D eigenvalue weighted by molar-refractivity contribution is 0.0912. The lowest BCUT2D eigenvalue weighted by atomic mass is 9.92. The molecule has 0 spiro atoms. The van der Waals surface area contributed by atoms with Crippen molar-refractivity contribution in [2.75, 3.05) is 26.2 Å². The van der Waals surface area contributed by atoms with Crippen LogP contribution in [0.4, 0.5) is 4.79 Å². The number of hydrogen-bond donors (Lipinski definition) is 1. The van der Waals surface area contributed by atoms with Gasteiger partial charge in [0.15, 0.2) is 0 Å². The van der Waals surface area contributed by atoms with Gasteiger partial charge in [-0.05, 0) is 18.9 Å². The number of nitrogens with zero attached hydrogens (tertiary/aromatic N) is 3. The number of aromatic nitrogens is 2. The molecule has 7 heteroatoms. The molecule has 2 aliphatic rings. The van der Waals surface area contributed by atoms with Crippen LogP contribution in [-0.2, 0) is 16.7 Å². The number of ether oxygens (including phenoxy) is 1. The fourth-order valence-electron chi connectivity index (χ4n) is 3.19. The van der Waals surface area contributed by atoms with Gasteiger partial charge in [0.25, 0.3) is 5.56 Å². The molecule has 1 N–H and O–H groups in total. The lowest BCUT2D eigenvalue weighted by Crippen LogP contribution is -2.56. The highest BCUT2D eigenvalue weighted by atomic mass is 16.5. The second-order valence-electron chi connectivity index (χ2n) is 8.08. The van der Waals surface area contributed by atoms with E-state index >= 15 is 0 Å². The SMILES string of the molecule is CC(C)(C)c1ccc(=O)n(CC2CN(C(=O)NCC3CCCO3)C2)n1. The largest absolute Gasteiger partial charge is 0.376 e. The first-order valence-electron chi connectivity index (χ1n) is 9.06. The number of likely N-dealkylation sites (tertiary alicyclic amines) is 1. The van der Waals surface area contributed by atoms with E-state index in [1.54, 1.807) is 17.0 Å². The number of hydrogen-bond acceptors (Lipinski definition) is 4. The number of carbonyl (C=O) groups is 1. The number of rotatable bonds is 4. The topological polar surface area (TPSA) is 76.5 Å². The van der Waals surface area contributed by atoms with Crippen LogP contribution in [0.2, 0.25) is 0 Å². The second-order valence-corrected chi connectivity index (χ2v) is 8.08. The van der Waals surface area contributed by atoms with Crippen LogP contribution in [0, 0.1) is 5.92 Å². The van der Waals surface area contributed by atoms with Crippen LogP contribution in [-0.4, -0.2) is 53.1 Å². The Morgan fingerprint density at radius 2 is 2.12 bits per heavy atom. The van der Waals surface area contributed by atoms with Crippen molar-refractivity contribution >= 4 is 6.03 Å². The number of urea groups is 1. The van der Waals surface area contributed by atoms with Gasteiger partial charge in [0, 0.05) is 43.6 Å². The highest BCUT2D eigenvalue weighted by Crippen LogP contribution is 2.20. The molecule has 2 fully saturated rings. The molecule has 3 heterocycles. The predicted octanol–water partition coefficient (Wildman–Crippen LogP) is 1.36. The Morgan fingerprint density at radius 3 is 2.76 bits per heavy atom. The van der Waals surface area contributed by atoms with Gasteiger partial charge >= 0.3 is 6.03 Å². The van der Waals surface area contributed by atoms with Crippen LogP contribution >= 0.6 is 0 Å². The Hall–Kier alpha value is -1.89. The van der Waals surface area contributed by atoms with Gasteiger partial charge in [-0.25, -0.2) is 9.48 Å². The van der Waals surface area contributed by atoms with Crippen LogP contribution in [0.1, 0.15) is 39.3 Å². The van der Waals surface area contributed by atoms with E-state index in [1.165, 1.54) is 4.68 Å². The standard InChI is InChI=1S/C18H28N4O3/c1-18(2,3)15-6-7-16(23)22(20-15)12-13-10-21(11-13)17(24)19-9-14-5-4-8-25-14/h6-7,13-14H,4-5,8-12H2,1-3H3,(H,19,24). The third-order valence-electron chi connectivity index (χ3n) is 4.82. The summed E-state index contributed by atoms with van der Waals surface area (Å²) >= 11 is 0. The monoisotopic (exact) mass is 348 g/mol. The van der Waals surface area contributed by atoms with Crippen LogP contribution < -0.4 is 10.9 Å². The maximum absolute atomic E-state index is 12.1. The Kier molecular flexibility index (Phi) is 5.13. The smallest absolute Gasteiger partial charge is 0.317 e. The summed E-state index contributed by atoms with van der Waals surface area (Å²) in [6.07, 6.45) is 2.24. The van der Waals surface area contributed by atoms with Crippen molar-refractivity contribution in [3.05, 3.63) is 28.2 Å². The van der Waals surface area contributed by atoms with Crippen LogP contribution in [0.15, 0.2) is 16.9 Å². The number of amides is 2. The summed E-state index contributed by atoms with van der Waals surface area (Å²) in [5, 5.41) is 7.42. The molecule has 1 aromatic rings. The molecule has 0 aromatic carbocycles. The molecule has 0 bridgehead atoms. The van der Waals surface area contributed by atoms with Crippen molar-refractivity contribution in [3.63, 3.8) is 0 Å². The summed E-state index contributed by atoms with van der Waals surface area (Å²) in [4.78, 5) is 25.9. The van der Waals surface area contributed by atoms with Crippen molar-refractivity contribution in [1.82, 2.24) is 20.0 Å². The Balaban J connectivity index is 1.48. The molecule has 2 saturated heterocycles. The molecule has 1 aromatic heterocycles. The van der Waals surface area contributed by atoms with Crippen LogP contribution in [0.5, 0.6) is 0 Å². The van der Waals surface area contributed by atoms with Gasteiger partial charge in [0.05, 0.1) is 18.3 Å². The molecule has 3 rings (SSSR count). The Labute approximate surface area is 148 Å². The van der Waals surface area contributed by atoms with Gasteiger partial charge in [-0.15, -0.1) is 0 Å². The first-order chi connectivity index (χ1) is 11.8. The van der Waals surface area contributed by atoms with Crippen molar-refractivity contribution in [2.24, 2.45) is 5.92 Å². The molecule has 0 aliphatic carbocycles. The molecule has 0 radical (unpaired) electrons. The molecule has 7 nitrogen and oxygen atoms in total. The quantitative estimate of drug-likeness (QED) is 0.891. The van der Waals surface area contributed by atoms with Gasteiger partial charge in [-0.2, -0.15) is 5.10 Å². The summed E-state index contributed by atoms with van der Waals surface area (Å²) in [5.41, 5.74) is 0.718. The molecule has 25 heavy (non-hydrogen) atoms. The highest BCUT2D eigenvalue weighted by Gasteiger charge is 2.32. The molecule has 2 amide bonds. The Bertz CT molecular complexity index is 668. The third-order valence-corrected chi connectivity index (χ3v) is 4.82. The lowest BCUT2D eigenvalue weighted by Gasteiger charge is -2.39. The van der Waals surface area contributed by atoms with Crippen molar-refractivity contribution in [3.8, 4) is 0 Å². The molecule has 1 atom stereocenters. The van der Waals surface area contributed by atoms with Gasteiger partial charge in [0.2, 0.25) is 0 Å². The summed E-state index contributed by atoms with van der Waals surface area (Å²) in [6.45, 7) is 9.47. The minimum atomic E-state index is -0.0940. The van der Waals surface area contributed by atoms with E-state index < -0.39 is 0 Å². The van der Waals surface area contributed by atoms with Crippen LogP contribution in [0.3, 0.4) is 0 Å². The molecule has 0 saturated carbocycles.